The Morgan fingerprint density at radius 2 is 2.19 bits per heavy atom. The smallest absolute Gasteiger partial charge is 0.410 e. The molecule has 2 atom stereocenters. The summed E-state index contributed by atoms with van der Waals surface area (Å²) >= 11 is 0. The van der Waals surface area contributed by atoms with Crippen LogP contribution in [0.15, 0.2) is 0 Å². The number of likely N-dealkylation sites (tertiary alicyclic amines) is 1. The van der Waals surface area contributed by atoms with Crippen LogP contribution in [0, 0.1) is 11.3 Å². The fourth-order valence-electron chi connectivity index (χ4n) is 1.60. The van der Waals surface area contributed by atoms with Crippen molar-refractivity contribution < 1.29 is 14.3 Å². The molecule has 1 heterocycles. The summed E-state index contributed by atoms with van der Waals surface area (Å²) in [7, 11) is 0. The fourth-order valence-corrected chi connectivity index (χ4v) is 1.60. The van der Waals surface area contributed by atoms with Gasteiger partial charge in [0.05, 0.1) is 24.8 Å². The van der Waals surface area contributed by atoms with Crippen LogP contribution in [0.1, 0.15) is 27.2 Å². The summed E-state index contributed by atoms with van der Waals surface area (Å²) in [5.74, 6) is 0. The molecule has 1 amide bonds. The maximum Gasteiger partial charge on any atom is 0.410 e. The van der Waals surface area contributed by atoms with Crippen LogP contribution in [0.4, 0.5) is 4.79 Å². The second-order valence-electron chi connectivity index (χ2n) is 4.20. The van der Waals surface area contributed by atoms with E-state index in [0.717, 1.165) is 6.42 Å². The van der Waals surface area contributed by atoms with Gasteiger partial charge in [-0.15, -0.1) is 0 Å². The zero-order valence-electron chi connectivity index (χ0n) is 9.97. The lowest BCUT2D eigenvalue weighted by molar-refractivity contribution is 0.0287. The van der Waals surface area contributed by atoms with Gasteiger partial charge < -0.3 is 14.4 Å². The molecule has 1 aliphatic heterocycles. The summed E-state index contributed by atoms with van der Waals surface area (Å²) in [5, 5.41) is 8.61. The summed E-state index contributed by atoms with van der Waals surface area (Å²) in [6.45, 7) is 6.49. The summed E-state index contributed by atoms with van der Waals surface area (Å²) < 4.78 is 10.5. The number of ether oxygens (including phenoxy) is 2. The molecule has 16 heavy (non-hydrogen) atoms. The molecule has 0 bridgehead atoms. The fraction of sp³-hybridized carbons (Fsp3) is 0.818. The quantitative estimate of drug-likeness (QED) is 0.732. The molecule has 1 fully saturated rings. The first-order chi connectivity index (χ1) is 7.52. The molecule has 0 aliphatic carbocycles. The Labute approximate surface area is 95.9 Å². The standard InChI is InChI=1S/C11H18N2O3/c1-8(2)15-11(14)13-5-4-10(7-13)16-9(3)6-12/h8-10H,4-5,7H2,1-3H3/t9-,10?/m1/s1. The minimum atomic E-state index is -0.425. The van der Waals surface area contributed by atoms with Crippen LogP contribution >= 0.6 is 0 Å². The highest BCUT2D eigenvalue weighted by Crippen LogP contribution is 2.15. The number of nitrogens with zero attached hydrogens (tertiary/aromatic N) is 2. The second kappa shape index (κ2) is 5.71. The van der Waals surface area contributed by atoms with E-state index in [1.807, 2.05) is 19.9 Å². The Hall–Kier alpha value is -1.28. The Bertz CT molecular complexity index is 285. The summed E-state index contributed by atoms with van der Waals surface area (Å²) in [4.78, 5) is 13.2. The van der Waals surface area contributed by atoms with Crippen LogP contribution in [-0.4, -0.2) is 42.4 Å². The molecule has 1 rings (SSSR count). The number of nitriles is 1. The lowest BCUT2D eigenvalue weighted by Crippen LogP contribution is -2.32. The molecule has 0 N–H and O–H groups in total. The van der Waals surface area contributed by atoms with Gasteiger partial charge in [0.25, 0.3) is 0 Å². The number of amides is 1. The molecule has 5 heteroatoms. The van der Waals surface area contributed by atoms with Crippen LogP contribution in [0.5, 0.6) is 0 Å². The predicted molar refractivity (Wildman–Crippen MR) is 57.8 cm³/mol. The van der Waals surface area contributed by atoms with Gasteiger partial charge in [0.1, 0.15) is 6.10 Å². The van der Waals surface area contributed by atoms with Crippen molar-refractivity contribution in [1.82, 2.24) is 4.90 Å². The number of carbonyl (C=O) groups excluding carboxylic acids is 1. The summed E-state index contributed by atoms with van der Waals surface area (Å²) in [5.41, 5.74) is 0. The molecule has 5 nitrogen and oxygen atoms in total. The van der Waals surface area contributed by atoms with E-state index in [4.69, 9.17) is 14.7 Å². The first-order valence-corrected chi connectivity index (χ1v) is 5.53. The zero-order chi connectivity index (χ0) is 12.1. The molecule has 0 spiro atoms. The van der Waals surface area contributed by atoms with Crippen LogP contribution in [0.2, 0.25) is 0 Å². The van der Waals surface area contributed by atoms with Gasteiger partial charge in [0, 0.05) is 6.54 Å². The van der Waals surface area contributed by atoms with E-state index in [1.54, 1.807) is 11.8 Å². The summed E-state index contributed by atoms with van der Waals surface area (Å²) in [6, 6.07) is 2.01. The van der Waals surface area contributed by atoms with Gasteiger partial charge in [-0.25, -0.2) is 4.79 Å². The van der Waals surface area contributed by atoms with Crippen molar-refractivity contribution >= 4 is 6.09 Å². The highest BCUT2D eigenvalue weighted by molar-refractivity contribution is 5.68. The van der Waals surface area contributed by atoms with E-state index in [-0.39, 0.29) is 18.3 Å². The van der Waals surface area contributed by atoms with E-state index in [2.05, 4.69) is 0 Å². The van der Waals surface area contributed by atoms with Gasteiger partial charge in [-0.1, -0.05) is 0 Å². The average molecular weight is 226 g/mol. The van der Waals surface area contributed by atoms with Gasteiger partial charge in [-0.3, -0.25) is 0 Å². The maximum absolute atomic E-state index is 11.5. The van der Waals surface area contributed by atoms with Crippen molar-refractivity contribution in [3.63, 3.8) is 0 Å². The first-order valence-electron chi connectivity index (χ1n) is 5.53. The normalized spacial score (nSPS) is 21.9. The van der Waals surface area contributed by atoms with Crippen LogP contribution < -0.4 is 0 Å². The van der Waals surface area contributed by atoms with Crippen molar-refractivity contribution in [2.45, 2.75) is 45.5 Å². The molecule has 1 aliphatic rings. The van der Waals surface area contributed by atoms with Crippen LogP contribution in [-0.2, 0) is 9.47 Å². The number of carbonyl (C=O) groups is 1. The van der Waals surface area contributed by atoms with Crippen molar-refractivity contribution in [1.29, 1.82) is 5.26 Å². The Kier molecular flexibility index (Phi) is 4.56. The van der Waals surface area contributed by atoms with E-state index in [1.165, 1.54) is 0 Å². The van der Waals surface area contributed by atoms with E-state index >= 15 is 0 Å². The molecule has 90 valence electrons. The van der Waals surface area contributed by atoms with Gasteiger partial charge in [-0.05, 0) is 27.2 Å². The first kappa shape index (κ1) is 12.8. The molecule has 0 saturated carbocycles. The number of hydrogen-bond acceptors (Lipinski definition) is 4. The topological polar surface area (TPSA) is 62.6 Å². The van der Waals surface area contributed by atoms with Crippen molar-refractivity contribution in [2.75, 3.05) is 13.1 Å². The van der Waals surface area contributed by atoms with Crippen LogP contribution in [0.3, 0.4) is 0 Å². The highest BCUT2D eigenvalue weighted by Gasteiger charge is 2.29. The monoisotopic (exact) mass is 226 g/mol. The lowest BCUT2D eigenvalue weighted by Gasteiger charge is -2.18. The molecule has 1 unspecified atom stereocenters. The number of hydrogen-bond donors (Lipinski definition) is 0. The molecule has 0 aromatic heterocycles. The van der Waals surface area contributed by atoms with E-state index in [9.17, 15) is 4.79 Å². The molecule has 0 aromatic carbocycles. The molecule has 0 radical (unpaired) electrons. The average Bonchev–Trinajstić information content (AvgIpc) is 2.65. The highest BCUT2D eigenvalue weighted by atomic mass is 16.6. The molecular formula is C11H18N2O3. The third-order valence-corrected chi connectivity index (χ3v) is 2.32. The third kappa shape index (κ3) is 3.70. The van der Waals surface area contributed by atoms with Crippen molar-refractivity contribution in [2.24, 2.45) is 0 Å². The molecule has 1 saturated heterocycles. The predicted octanol–water partition coefficient (Wildman–Crippen LogP) is 1.53. The van der Waals surface area contributed by atoms with Crippen molar-refractivity contribution in [3.05, 3.63) is 0 Å². The Morgan fingerprint density at radius 1 is 1.50 bits per heavy atom. The van der Waals surface area contributed by atoms with Gasteiger partial charge in [0.15, 0.2) is 0 Å². The van der Waals surface area contributed by atoms with Gasteiger partial charge >= 0.3 is 6.09 Å². The minimum absolute atomic E-state index is 0.0469. The van der Waals surface area contributed by atoms with Gasteiger partial charge in [0.2, 0.25) is 0 Å². The lowest BCUT2D eigenvalue weighted by atomic mass is 10.3. The van der Waals surface area contributed by atoms with Crippen LogP contribution in [0.25, 0.3) is 0 Å². The Balaban J connectivity index is 2.35. The second-order valence-corrected chi connectivity index (χ2v) is 4.20. The molecule has 0 aromatic rings. The third-order valence-electron chi connectivity index (χ3n) is 2.32. The van der Waals surface area contributed by atoms with Gasteiger partial charge in [-0.2, -0.15) is 5.26 Å². The SMILES string of the molecule is CC(C)OC(=O)N1CCC(O[C@H](C)C#N)C1. The van der Waals surface area contributed by atoms with E-state index in [0.29, 0.717) is 13.1 Å². The zero-order valence-corrected chi connectivity index (χ0v) is 9.97. The molecular weight excluding hydrogens is 208 g/mol. The largest absolute Gasteiger partial charge is 0.447 e. The minimum Gasteiger partial charge on any atom is -0.447 e. The number of rotatable bonds is 3. The Morgan fingerprint density at radius 3 is 2.75 bits per heavy atom. The maximum atomic E-state index is 11.5. The summed E-state index contributed by atoms with van der Waals surface area (Å²) in [6.07, 6.45) is -0.115. The van der Waals surface area contributed by atoms with E-state index < -0.39 is 6.10 Å². The van der Waals surface area contributed by atoms with Crippen molar-refractivity contribution in [3.8, 4) is 6.07 Å².